The number of carbonyl (C=O) groups excluding carboxylic acids is 2. The van der Waals surface area contributed by atoms with Gasteiger partial charge in [-0.25, -0.2) is 5.01 Å². The SMILES string of the molecule is NC(=O)c1coc(N2CCC(C(=O)N3N=CC[C@H]3c3ccccc3)CC2)n1. The molecule has 2 N–H and O–H groups in total. The number of anilines is 1. The number of amides is 2. The zero-order valence-electron chi connectivity index (χ0n) is 14.8. The zero-order chi connectivity index (χ0) is 18.8. The third-order valence-electron chi connectivity index (χ3n) is 5.10. The van der Waals surface area contributed by atoms with Crippen LogP contribution >= 0.6 is 0 Å². The molecule has 2 aromatic rings. The standard InChI is InChI=1S/C19H21N5O3/c20-17(25)15-12-27-19(22-15)23-10-7-14(8-11-23)18(26)24-16(6-9-21-24)13-4-2-1-3-5-13/h1-5,9,12,14,16H,6-8,10-11H2,(H2,20,25)/t16-/m0/s1. The molecule has 4 rings (SSSR count). The summed E-state index contributed by atoms with van der Waals surface area (Å²) in [5.74, 6) is -0.648. The molecule has 1 aromatic carbocycles. The number of nitrogens with zero attached hydrogens (tertiary/aromatic N) is 4. The fraction of sp³-hybridized carbons (Fsp3) is 0.368. The maximum atomic E-state index is 13.0. The molecule has 2 aliphatic heterocycles. The van der Waals surface area contributed by atoms with Crippen LogP contribution in [0.2, 0.25) is 0 Å². The van der Waals surface area contributed by atoms with Crippen LogP contribution in [0, 0.1) is 5.92 Å². The van der Waals surface area contributed by atoms with Gasteiger partial charge in [0.1, 0.15) is 6.26 Å². The minimum absolute atomic E-state index is 0.0263. The zero-order valence-corrected chi connectivity index (χ0v) is 14.8. The summed E-state index contributed by atoms with van der Waals surface area (Å²) in [7, 11) is 0. The molecule has 2 amide bonds. The average Bonchev–Trinajstić information content (AvgIpc) is 3.38. The molecule has 1 aromatic heterocycles. The molecule has 140 valence electrons. The van der Waals surface area contributed by atoms with Gasteiger partial charge in [0.2, 0.25) is 5.91 Å². The number of rotatable bonds is 4. The Bertz CT molecular complexity index is 855. The average molecular weight is 367 g/mol. The van der Waals surface area contributed by atoms with E-state index >= 15 is 0 Å². The van der Waals surface area contributed by atoms with Gasteiger partial charge in [-0.1, -0.05) is 30.3 Å². The normalized spacial score (nSPS) is 20.2. The van der Waals surface area contributed by atoms with Crippen molar-refractivity contribution in [2.75, 3.05) is 18.0 Å². The monoisotopic (exact) mass is 367 g/mol. The van der Waals surface area contributed by atoms with Gasteiger partial charge in [0.25, 0.3) is 11.9 Å². The van der Waals surface area contributed by atoms with Crippen molar-refractivity contribution in [1.82, 2.24) is 9.99 Å². The van der Waals surface area contributed by atoms with Gasteiger partial charge in [-0.05, 0) is 18.4 Å². The summed E-state index contributed by atoms with van der Waals surface area (Å²) < 4.78 is 5.33. The summed E-state index contributed by atoms with van der Waals surface area (Å²) in [5.41, 5.74) is 6.41. The van der Waals surface area contributed by atoms with E-state index in [0.717, 1.165) is 12.0 Å². The van der Waals surface area contributed by atoms with E-state index in [9.17, 15) is 9.59 Å². The first-order valence-corrected chi connectivity index (χ1v) is 9.04. The van der Waals surface area contributed by atoms with E-state index in [1.165, 1.54) is 6.26 Å². The Morgan fingerprint density at radius 1 is 1.15 bits per heavy atom. The lowest BCUT2D eigenvalue weighted by Crippen LogP contribution is -2.41. The molecule has 1 atom stereocenters. The molecular weight excluding hydrogens is 346 g/mol. The number of nitrogens with two attached hydrogens (primary N) is 1. The van der Waals surface area contributed by atoms with Crippen molar-refractivity contribution in [3.8, 4) is 0 Å². The summed E-state index contributed by atoms with van der Waals surface area (Å²) in [5, 5.41) is 5.96. The lowest BCUT2D eigenvalue weighted by molar-refractivity contribution is -0.138. The van der Waals surface area contributed by atoms with Gasteiger partial charge < -0.3 is 15.1 Å². The molecule has 0 saturated carbocycles. The van der Waals surface area contributed by atoms with Crippen LogP contribution in [-0.4, -0.2) is 41.1 Å². The van der Waals surface area contributed by atoms with Crippen LogP contribution < -0.4 is 10.6 Å². The highest BCUT2D eigenvalue weighted by molar-refractivity contribution is 5.90. The van der Waals surface area contributed by atoms with E-state index in [1.807, 2.05) is 41.4 Å². The Balaban J connectivity index is 1.39. The fourth-order valence-electron chi connectivity index (χ4n) is 3.61. The number of aromatic nitrogens is 1. The topological polar surface area (TPSA) is 105 Å². The third kappa shape index (κ3) is 3.42. The summed E-state index contributed by atoms with van der Waals surface area (Å²) in [6.07, 6.45) is 5.17. The number of carbonyl (C=O) groups is 2. The number of hydrogen-bond acceptors (Lipinski definition) is 6. The Kier molecular flexibility index (Phi) is 4.62. The molecule has 1 fully saturated rings. The van der Waals surface area contributed by atoms with Gasteiger partial charge in [0.05, 0.1) is 6.04 Å². The van der Waals surface area contributed by atoms with Crippen LogP contribution in [0.4, 0.5) is 6.01 Å². The second-order valence-electron chi connectivity index (χ2n) is 6.78. The first kappa shape index (κ1) is 17.3. The lowest BCUT2D eigenvalue weighted by atomic mass is 9.94. The van der Waals surface area contributed by atoms with Crippen LogP contribution in [0.1, 0.15) is 41.4 Å². The summed E-state index contributed by atoms with van der Waals surface area (Å²) in [4.78, 5) is 30.2. The van der Waals surface area contributed by atoms with E-state index < -0.39 is 5.91 Å². The predicted octanol–water partition coefficient (Wildman–Crippen LogP) is 1.95. The van der Waals surface area contributed by atoms with Gasteiger partial charge in [-0.2, -0.15) is 10.1 Å². The van der Waals surface area contributed by atoms with Gasteiger partial charge >= 0.3 is 0 Å². The number of primary amides is 1. The molecule has 0 bridgehead atoms. The minimum atomic E-state index is -0.617. The second kappa shape index (κ2) is 7.22. The maximum absolute atomic E-state index is 13.0. The first-order valence-electron chi connectivity index (χ1n) is 9.04. The quantitative estimate of drug-likeness (QED) is 0.889. The Morgan fingerprint density at radius 3 is 2.56 bits per heavy atom. The molecule has 8 nitrogen and oxygen atoms in total. The van der Waals surface area contributed by atoms with Crippen molar-refractivity contribution in [3.05, 3.63) is 47.9 Å². The maximum Gasteiger partial charge on any atom is 0.297 e. The van der Waals surface area contributed by atoms with Crippen LogP contribution in [0.3, 0.4) is 0 Å². The molecule has 0 unspecified atom stereocenters. The Morgan fingerprint density at radius 2 is 1.89 bits per heavy atom. The number of oxazole rings is 1. The van der Waals surface area contributed by atoms with Crippen LogP contribution in [-0.2, 0) is 4.79 Å². The smallest absolute Gasteiger partial charge is 0.297 e. The lowest BCUT2D eigenvalue weighted by Gasteiger charge is -2.33. The van der Waals surface area contributed by atoms with Crippen molar-refractivity contribution in [3.63, 3.8) is 0 Å². The van der Waals surface area contributed by atoms with E-state index in [1.54, 1.807) is 5.01 Å². The van der Waals surface area contributed by atoms with E-state index in [0.29, 0.717) is 31.9 Å². The second-order valence-corrected chi connectivity index (χ2v) is 6.78. The minimum Gasteiger partial charge on any atom is -0.431 e. The molecule has 2 aliphatic rings. The summed E-state index contributed by atoms with van der Waals surface area (Å²) in [6, 6.07) is 10.3. The summed E-state index contributed by atoms with van der Waals surface area (Å²) in [6.45, 7) is 1.26. The van der Waals surface area contributed by atoms with Crippen LogP contribution in [0.5, 0.6) is 0 Å². The highest BCUT2D eigenvalue weighted by atomic mass is 16.4. The van der Waals surface area contributed by atoms with Gasteiger partial charge in [0, 0.05) is 31.6 Å². The van der Waals surface area contributed by atoms with Crippen molar-refractivity contribution in [1.29, 1.82) is 0 Å². The van der Waals surface area contributed by atoms with Crippen molar-refractivity contribution < 1.29 is 14.0 Å². The van der Waals surface area contributed by atoms with Gasteiger partial charge in [-0.15, -0.1) is 0 Å². The molecule has 0 spiro atoms. The van der Waals surface area contributed by atoms with Gasteiger partial charge in [0.15, 0.2) is 5.69 Å². The third-order valence-corrected chi connectivity index (χ3v) is 5.10. The molecule has 27 heavy (non-hydrogen) atoms. The molecule has 0 aliphatic carbocycles. The van der Waals surface area contributed by atoms with E-state index in [-0.39, 0.29) is 23.6 Å². The van der Waals surface area contributed by atoms with E-state index in [2.05, 4.69) is 10.1 Å². The molecule has 0 radical (unpaired) electrons. The molecule has 3 heterocycles. The van der Waals surface area contributed by atoms with Gasteiger partial charge in [-0.3, -0.25) is 9.59 Å². The van der Waals surface area contributed by atoms with E-state index in [4.69, 9.17) is 10.2 Å². The highest BCUT2D eigenvalue weighted by Gasteiger charge is 2.35. The largest absolute Gasteiger partial charge is 0.431 e. The van der Waals surface area contributed by atoms with Crippen LogP contribution in [0.15, 0.2) is 46.1 Å². The number of benzene rings is 1. The summed E-state index contributed by atoms with van der Waals surface area (Å²) >= 11 is 0. The molecule has 1 saturated heterocycles. The Labute approximate surface area is 156 Å². The predicted molar refractivity (Wildman–Crippen MR) is 99.1 cm³/mol. The molecular formula is C19H21N5O3. The number of piperidine rings is 1. The first-order chi connectivity index (χ1) is 13.1. The van der Waals surface area contributed by atoms with Crippen LogP contribution in [0.25, 0.3) is 0 Å². The van der Waals surface area contributed by atoms with Crippen molar-refractivity contribution >= 4 is 24.0 Å². The van der Waals surface area contributed by atoms with Crippen molar-refractivity contribution in [2.24, 2.45) is 16.8 Å². The fourth-order valence-corrected chi connectivity index (χ4v) is 3.61. The number of hydrogen-bond donors (Lipinski definition) is 1. The highest BCUT2D eigenvalue weighted by Crippen LogP contribution is 2.32. The number of hydrazone groups is 1. The van der Waals surface area contributed by atoms with Crippen molar-refractivity contribution in [2.45, 2.75) is 25.3 Å². The molecule has 8 heteroatoms. The Hall–Kier alpha value is -3.16.